The molecule has 0 spiro atoms. The molecule has 174 valence electrons. The molecule has 0 unspecified atom stereocenters. The number of fused-ring (bicyclic) bond motifs is 5. The minimum Gasteiger partial charge on any atom is -0.392 e. The van der Waals surface area contributed by atoms with Crippen LogP contribution in [0, 0.1) is 22.7 Å². The smallest absolute Gasteiger partial charge is 0.0711 e. The summed E-state index contributed by atoms with van der Waals surface area (Å²) in [7, 11) is 0. The van der Waals surface area contributed by atoms with E-state index in [4.69, 9.17) is 0 Å². The van der Waals surface area contributed by atoms with E-state index < -0.39 is 17.3 Å². The predicted octanol–water partition coefficient (Wildman–Crippen LogP) is 5.85. The van der Waals surface area contributed by atoms with Gasteiger partial charge in [-0.25, -0.2) is 0 Å². The molecule has 3 N–H and O–H groups in total. The molecule has 0 saturated heterocycles. The van der Waals surface area contributed by atoms with Gasteiger partial charge in [0.25, 0.3) is 0 Å². The number of hydrogen-bond acceptors (Lipinski definition) is 3. The molecule has 0 heterocycles. The van der Waals surface area contributed by atoms with Crippen LogP contribution < -0.4 is 0 Å². The van der Waals surface area contributed by atoms with Gasteiger partial charge in [-0.1, -0.05) is 69.6 Å². The van der Waals surface area contributed by atoms with Crippen molar-refractivity contribution in [2.45, 2.75) is 116 Å². The third-order valence-corrected chi connectivity index (χ3v) is 10.3. The van der Waals surface area contributed by atoms with Crippen LogP contribution in [0.5, 0.6) is 0 Å². The Balaban J connectivity index is 1.60. The van der Waals surface area contributed by atoms with Gasteiger partial charge in [-0.05, 0) is 75.0 Å². The number of hydrogen-bond donors (Lipinski definition) is 3. The molecule has 0 aromatic rings. The monoisotopic (exact) mass is 428 g/mol. The van der Waals surface area contributed by atoms with Crippen LogP contribution in [-0.4, -0.2) is 32.6 Å². The molecular weight excluding hydrogens is 384 g/mol. The number of aliphatic hydroxyl groups excluding tert-OH is 1. The first-order valence-corrected chi connectivity index (χ1v) is 12.8. The molecule has 0 aromatic carbocycles. The molecular formula is C28H44O3. The van der Waals surface area contributed by atoms with E-state index in [1.54, 1.807) is 5.57 Å². The van der Waals surface area contributed by atoms with Gasteiger partial charge >= 0.3 is 0 Å². The Morgan fingerprint density at radius 2 is 1.81 bits per heavy atom. The van der Waals surface area contributed by atoms with Gasteiger partial charge in [0.05, 0.1) is 17.3 Å². The van der Waals surface area contributed by atoms with Gasteiger partial charge in [-0.3, -0.25) is 0 Å². The highest BCUT2D eigenvalue weighted by Gasteiger charge is 2.58. The second kappa shape index (κ2) is 7.85. The van der Waals surface area contributed by atoms with E-state index >= 15 is 0 Å². The van der Waals surface area contributed by atoms with Crippen molar-refractivity contribution in [2.24, 2.45) is 22.7 Å². The standard InChI is InChI=1S/C28H44O3/c1-6-19-10-12-22-21-11-9-20-17-28(31,16-15-27(30,7-2)8-3)18-24(29)26(20,5)23(21)13-14-25(19,22)4/h9-11,22-24,29-31H,6-8,12-18H2,1-5H3/t22-,23-,24-,25+,26-,28+/m0/s1. The Labute approximate surface area is 189 Å². The van der Waals surface area contributed by atoms with Gasteiger partial charge < -0.3 is 15.3 Å². The molecule has 2 saturated carbocycles. The van der Waals surface area contributed by atoms with Gasteiger partial charge in [-0.15, -0.1) is 0 Å². The van der Waals surface area contributed by atoms with Crippen molar-refractivity contribution in [1.29, 1.82) is 0 Å². The molecule has 4 aliphatic rings. The van der Waals surface area contributed by atoms with E-state index in [-0.39, 0.29) is 10.8 Å². The minimum absolute atomic E-state index is 0.279. The normalized spacial score (nSPS) is 42.2. The molecule has 0 aliphatic heterocycles. The first-order chi connectivity index (χ1) is 14.5. The zero-order chi connectivity index (χ0) is 22.7. The fourth-order valence-corrected chi connectivity index (χ4v) is 7.65. The van der Waals surface area contributed by atoms with Crippen molar-refractivity contribution in [1.82, 2.24) is 0 Å². The van der Waals surface area contributed by atoms with Crippen molar-refractivity contribution < 1.29 is 15.3 Å². The Hall–Kier alpha value is -0.900. The SMILES string of the molecule is CCC1=CC[C@H]2C3=CC=C4C[C@](O)(CCC(O)(CC)CC)C[C@H](O)[C@]4(C)[C@H]3CC[C@]12C. The maximum Gasteiger partial charge on any atom is 0.0711 e. The van der Waals surface area contributed by atoms with Crippen molar-refractivity contribution in [3.05, 3.63) is 34.9 Å². The van der Waals surface area contributed by atoms with Gasteiger partial charge in [0.15, 0.2) is 0 Å². The lowest BCUT2D eigenvalue weighted by atomic mass is 9.48. The molecule has 0 amide bonds. The summed E-state index contributed by atoms with van der Waals surface area (Å²) in [6, 6.07) is 0. The molecule has 2 fully saturated rings. The summed E-state index contributed by atoms with van der Waals surface area (Å²) in [5, 5.41) is 33.7. The summed E-state index contributed by atoms with van der Waals surface area (Å²) in [4.78, 5) is 0. The summed E-state index contributed by atoms with van der Waals surface area (Å²) in [5.74, 6) is 0.936. The molecule has 4 rings (SSSR count). The summed E-state index contributed by atoms with van der Waals surface area (Å²) in [5.41, 5.74) is 2.73. The lowest BCUT2D eigenvalue weighted by Crippen LogP contribution is -2.55. The molecule has 31 heavy (non-hydrogen) atoms. The minimum atomic E-state index is -0.929. The quantitative estimate of drug-likeness (QED) is 0.465. The molecule has 3 nitrogen and oxygen atoms in total. The molecule has 0 aromatic heterocycles. The van der Waals surface area contributed by atoms with Crippen LogP contribution in [0.15, 0.2) is 34.9 Å². The molecule has 0 bridgehead atoms. The Kier molecular flexibility index (Phi) is 5.89. The summed E-state index contributed by atoms with van der Waals surface area (Å²) < 4.78 is 0. The van der Waals surface area contributed by atoms with Crippen molar-refractivity contribution >= 4 is 0 Å². The lowest BCUT2D eigenvalue weighted by Gasteiger charge is -2.57. The Bertz CT molecular complexity index is 803. The average Bonchev–Trinajstić information content (AvgIpc) is 3.10. The maximum atomic E-state index is 11.5. The van der Waals surface area contributed by atoms with Gasteiger partial charge in [-0.2, -0.15) is 0 Å². The number of rotatable bonds is 6. The van der Waals surface area contributed by atoms with E-state index in [0.717, 1.165) is 19.3 Å². The Morgan fingerprint density at radius 3 is 2.45 bits per heavy atom. The molecule has 4 aliphatic carbocycles. The van der Waals surface area contributed by atoms with Gasteiger partial charge in [0, 0.05) is 11.8 Å². The van der Waals surface area contributed by atoms with Crippen LogP contribution in [0.25, 0.3) is 0 Å². The number of allylic oxidation sites excluding steroid dienone is 5. The first kappa shape index (κ1) is 23.3. The van der Waals surface area contributed by atoms with Crippen LogP contribution in [-0.2, 0) is 0 Å². The highest BCUT2D eigenvalue weighted by molar-refractivity contribution is 5.43. The van der Waals surface area contributed by atoms with Crippen LogP contribution in [0.2, 0.25) is 0 Å². The van der Waals surface area contributed by atoms with E-state index in [9.17, 15) is 15.3 Å². The van der Waals surface area contributed by atoms with Crippen LogP contribution in [0.3, 0.4) is 0 Å². The number of aliphatic hydroxyl groups is 3. The molecule has 6 atom stereocenters. The molecule has 0 radical (unpaired) electrons. The topological polar surface area (TPSA) is 60.7 Å². The predicted molar refractivity (Wildman–Crippen MR) is 127 cm³/mol. The van der Waals surface area contributed by atoms with Crippen molar-refractivity contribution in [3.63, 3.8) is 0 Å². The van der Waals surface area contributed by atoms with E-state index in [1.807, 2.05) is 13.8 Å². The van der Waals surface area contributed by atoms with Crippen molar-refractivity contribution in [3.8, 4) is 0 Å². The van der Waals surface area contributed by atoms with Gasteiger partial charge in [0.2, 0.25) is 0 Å². The van der Waals surface area contributed by atoms with Crippen LogP contribution in [0.1, 0.15) is 98.8 Å². The van der Waals surface area contributed by atoms with Crippen LogP contribution >= 0.6 is 0 Å². The second-order valence-corrected chi connectivity index (χ2v) is 11.6. The van der Waals surface area contributed by atoms with Gasteiger partial charge in [0.1, 0.15) is 0 Å². The first-order valence-electron chi connectivity index (χ1n) is 12.8. The van der Waals surface area contributed by atoms with E-state index in [2.05, 4.69) is 39.0 Å². The van der Waals surface area contributed by atoms with Crippen LogP contribution in [0.4, 0.5) is 0 Å². The summed E-state index contributed by atoms with van der Waals surface area (Å²) in [6.07, 6.45) is 14.7. The maximum absolute atomic E-state index is 11.5. The largest absolute Gasteiger partial charge is 0.392 e. The fraction of sp³-hybridized carbons (Fsp3) is 0.786. The van der Waals surface area contributed by atoms with E-state index in [1.165, 1.54) is 17.6 Å². The third kappa shape index (κ3) is 3.50. The second-order valence-electron chi connectivity index (χ2n) is 11.6. The summed E-state index contributed by atoms with van der Waals surface area (Å²) >= 11 is 0. The highest BCUT2D eigenvalue weighted by atomic mass is 16.3. The molecule has 3 heteroatoms. The zero-order valence-corrected chi connectivity index (χ0v) is 20.4. The van der Waals surface area contributed by atoms with Crippen molar-refractivity contribution in [2.75, 3.05) is 0 Å². The summed E-state index contributed by atoms with van der Waals surface area (Å²) in [6.45, 7) is 11.0. The lowest BCUT2D eigenvalue weighted by molar-refractivity contribution is -0.107. The third-order valence-electron chi connectivity index (χ3n) is 10.3. The Morgan fingerprint density at radius 1 is 1.10 bits per heavy atom. The van der Waals surface area contributed by atoms with E-state index in [0.29, 0.717) is 50.4 Å². The average molecular weight is 429 g/mol. The zero-order valence-electron chi connectivity index (χ0n) is 20.4. The fourth-order valence-electron chi connectivity index (χ4n) is 7.65. The highest BCUT2D eigenvalue weighted by Crippen LogP contribution is 2.64.